The maximum absolute atomic E-state index is 12.0. The molecule has 0 unspecified atom stereocenters. The van der Waals surface area contributed by atoms with Gasteiger partial charge in [-0.1, -0.05) is 44.7 Å². The van der Waals surface area contributed by atoms with Crippen molar-refractivity contribution < 1.29 is 9.53 Å². The Balaban J connectivity index is 1.35. The molecule has 146 valence electrons. The number of rotatable bonds is 8. The van der Waals surface area contributed by atoms with Crippen molar-refractivity contribution in [3.05, 3.63) is 35.7 Å². The summed E-state index contributed by atoms with van der Waals surface area (Å²) in [6, 6.07) is 8.07. The summed E-state index contributed by atoms with van der Waals surface area (Å²) in [5, 5.41) is 11.6. The predicted molar refractivity (Wildman–Crippen MR) is 107 cm³/mol. The molecule has 1 amide bonds. The van der Waals surface area contributed by atoms with Crippen LogP contribution in [0.15, 0.2) is 29.4 Å². The summed E-state index contributed by atoms with van der Waals surface area (Å²) in [7, 11) is 0. The molecule has 1 aromatic carbocycles. The van der Waals surface area contributed by atoms with Gasteiger partial charge in [-0.25, -0.2) is 4.68 Å². The van der Waals surface area contributed by atoms with Crippen LogP contribution in [-0.4, -0.2) is 39.7 Å². The Morgan fingerprint density at radius 1 is 1.30 bits per heavy atom. The minimum absolute atomic E-state index is 0.0809. The van der Waals surface area contributed by atoms with Gasteiger partial charge in [0.25, 0.3) is 0 Å². The van der Waals surface area contributed by atoms with E-state index in [1.54, 1.807) is 0 Å². The summed E-state index contributed by atoms with van der Waals surface area (Å²) in [5.41, 5.74) is 1.38. The Bertz CT molecular complexity index is 778. The molecular formula is C19H27N5O2S. The lowest BCUT2D eigenvalue weighted by Crippen LogP contribution is -2.29. The van der Waals surface area contributed by atoms with E-state index in [1.165, 1.54) is 22.0 Å². The predicted octanol–water partition coefficient (Wildman–Crippen LogP) is 2.45. The molecule has 1 aliphatic rings. The van der Waals surface area contributed by atoms with Gasteiger partial charge in [0.15, 0.2) is 5.82 Å². The Morgan fingerprint density at radius 3 is 2.63 bits per heavy atom. The number of nitrogens with two attached hydrogens (primary N) is 1. The van der Waals surface area contributed by atoms with Crippen LogP contribution in [0.5, 0.6) is 5.75 Å². The van der Waals surface area contributed by atoms with E-state index >= 15 is 0 Å². The van der Waals surface area contributed by atoms with Gasteiger partial charge in [-0.05, 0) is 36.0 Å². The third-order valence-corrected chi connectivity index (χ3v) is 5.32. The zero-order valence-corrected chi connectivity index (χ0v) is 16.9. The fraction of sp³-hybridized carbons (Fsp3) is 0.526. The lowest BCUT2D eigenvalue weighted by Gasteiger charge is -2.19. The Morgan fingerprint density at radius 2 is 2.00 bits per heavy atom. The topological polar surface area (TPSA) is 95.1 Å². The largest absolute Gasteiger partial charge is 0.492 e. The van der Waals surface area contributed by atoms with E-state index in [2.05, 4.69) is 48.4 Å². The molecule has 3 N–H and O–H groups in total. The molecule has 1 aromatic heterocycles. The number of ether oxygens (including phenoxy) is 1. The molecule has 7 nitrogen and oxygen atoms in total. The van der Waals surface area contributed by atoms with Crippen molar-refractivity contribution in [2.45, 2.75) is 50.1 Å². The van der Waals surface area contributed by atoms with Crippen molar-refractivity contribution in [2.24, 2.45) is 0 Å². The van der Waals surface area contributed by atoms with E-state index in [-0.39, 0.29) is 17.1 Å². The maximum Gasteiger partial charge on any atom is 0.230 e. The van der Waals surface area contributed by atoms with Crippen molar-refractivity contribution >= 4 is 17.7 Å². The molecule has 0 saturated heterocycles. The Labute approximate surface area is 164 Å². The van der Waals surface area contributed by atoms with Gasteiger partial charge in [0.1, 0.15) is 12.4 Å². The molecular weight excluding hydrogens is 362 g/mol. The average Bonchev–Trinajstić information content (AvgIpc) is 3.40. The van der Waals surface area contributed by atoms with Crippen LogP contribution in [0.25, 0.3) is 0 Å². The zero-order chi connectivity index (χ0) is 19.4. The molecule has 1 aliphatic carbocycles. The van der Waals surface area contributed by atoms with Crippen molar-refractivity contribution in [3.8, 4) is 5.75 Å². The van der Waals surface area contributed by atoms with Crippen LogP contribution in [-0.2, 0) is 10.2 Å². The maximum atomic E-state index is 12.0. The first-order valence-corrected chi connectivity index (χ1v) is 10.2. The van der Waals surface area contributed by atoms with Gasteiger partial charge >= 0.3 is 0 Å². The second-order valence-electron chi connectivity index (χ2n) is 7.75. The number of carbonyl (C=O) groups excluding carboxylic acids is 1. The summed E-state index contributed by atoms with van der Waals surface area (Å²) >= 11 is 1.29. The number of carbonyl (C=O) groups is 1. The van der Waals surface area contributed by atoms with Gasteiger partial charge in [0.05, 0.1) is 12.3 Å². The summed E-state index contributed by atoms with van der Waals surface area (Å²) in [6.07, 6.45) is 2.22. The third kappa shape index (κ3) is 5.38. The van der Waals surface area contributed by atoms with E-state index in [0.717, 1.165) is 24.4 Å². The number of hydrogen-bond acceptors (Lipinski definition) is 6. The molecule has 8 heteroatoms. The first-order chi connectivity index (χ1) is 12.8. The highest BCUT2D eigenvalue weighted by atomic mass is 32.2. The molecule has 0 bridgehead atoms. The highest BCUT2D eigenvalue weighted by molar-refractivity contribution is 7.99. The van der Waals surface area contributed by atoms with E-state index < -0.39 is 0 Å². The quantitative estimate of drug-likeness (QED) is 0.409. The number of amides is 1. The van der Waals surface area contributed by atoms with Gasteiger partial charge in [0, 0.05) is 5.92 Å². The van der Waals surface area contributed by atoms with Gasteiger partial charge in [-0.15, -0.1) is 10.2 Å². The molecule has 0 aliphatic heterocycles. The fourth-order valence-corrected chi connectivity index (χ4v) is 3.29. The minimum Gasteiger partial charge on any atom is -0.492 e. The third-order valence-electron chi connectivity index (χ3n) is 4.38. The SMILES string of the molecule is CC(C)(C)c1ccc(OCCNC(=O)CSc2nnc(C3CC3)n2N)cc1. The van der Waals surface area contributed by atoms with E-state index in [4.69, 9.17) is 10.6 Å². The van der Waals surface area contributed by atoms with Gasteiger partial charge in [-0.2, -0.15) is 0 Å². The number of benzene rings is 1. The standard InChI is InChI=1S/C19H27N5O2S/c1-19(2,3)14-6-8-15(9-7-14)26-11-10-21-16(25)12-27-18-23-22-17(24(18)20)13-4-5-13/h6-9,13H,4-5,10-12,20H2,1-3H3,(H,21,25). The number of nitrogens with one attached hydrogen (secondary N) is 1. The number of thioether (sulfide) groups is 1. The fourth-order valence-electron chi connectivity index (χ4n) is 2.60. The van der Waals surface area contributed by atoms with E-state index in [1.807, 2.05) is 12.1 Å². The number of aromatic nitrogens is 3. The minimum atomic E-state index is -0.0809. The van der Waals surface area contributed by atoms with Crippen LogP contribution < -0.4 is 15.9 Å². The van der Waals surface area contributed by atoms with Crippen molar-refractivity contribution in [1.82, 2.24) is 20.2 Å². The van der Waals surface area contributed by atoms with E-state index in [9.17, 15) is 4.79 Å². The molecule has 0 atom stereocenters. The smallest absolute Gasteiger partial charge is 0.230 e. The number of nitrogen functional groups attached to an aromatic ring is 1. The summed E-state index contributed by atoms with van der Waals surface area (Å²) < 4.78 is 7.17. The van der Waals surface area contributed by atoms with Crippen molar-refractivity contribution in [3.63, 3.8) is 0 Å². The summed E-state index contributed by atoms with van der Waals surface area (Å²) in [5.74, 6) is 8.18. The van der Waals surface area contributed by atoms with Crippen LogP contribution in [0.2, 0.25) is 0 Å². The Kier molecular flexibility index (Phi) is 5.94. The summed E-state index contributed by atoms with van der Waals surface area (Å²) in [6.45, 7) is 7.40. The normalized spacial score (nSPS) is 14.2. The van der Waals surface area contributed by atoms with Crippen molar-refractivity contribution in [2.75, 3.05) is 24.7 Å². The van der Waals surface area contributed by atoms with E-state index in [0.29, 0.717) is 24.2 Å². The molecule has 2 aromatic rings. The number of nitrogens with zero attached hydrogens (tertiary/aromatic N) is 3. The van der Waals surface area contributed by atoms with Crippen LogP contribution in [0, 0.1) is 0 Å². The van der Waals surface area contributed by atoms with Gasteiger partial charge < -0.3 is 15.9 Å². The second-order valence-corrected chi connectivity index (χ2v) is 8.69. The highest BCUT2D eigenvalue weighted by Gasteiger charge is 2.30. The lowest BCUT2D eigenvalue weighted by atomic mass is 9.87. The van der Waals surface area contributed by atoms with Gasteiger partial charge in [-0.3, -0.25) is 4.79 Å². The molecule has 0 spiro atoms. The average molecular weight is 390 g/mol. The van der Waals surface area contributed by atoms with Crippen LogP contribution in [0.3, 0.4) is 0 Å². The first-order valence-electron chi connectivity index (χ1n) is 9.18. The molecule has 0 radical (unpaired) electrons. The zero-order valence-electron chi connectivity index (χ0n) is 16.1. The molecule has 1 heterocycles. The molecule has 1 fully saturated rings. The second kappa shape index (κ2) is 8.21. The first kappa shape index (κ1) is 19.5. The lowest BCUT2D eigenvalue weighted by molar-refractivity contribution is -0.118. The molecule has 27 heavy (non-hydrogen) atoms. The molecule has 1 saturated carbocycles. The monoisotopic (exact) mass is 389 g/mol. The van der Waals surface area contributed by atoms with Crippen LogP contribution in [0.4, 0.5) is 0 Å². The Hall–Kier alpha value is -2.22. The van der Waals surface area contributed by atoms with Gasteiger partial charge in [0.2, 0.25) is 11.1 Å². The van der Waals surface area contributed by atoms with Crippen LogP contribution >= 0.6 is 11.8 Å². The van der Waals surface area contributed by atoms with Crippen LogP contribution in [0.1, 0.15) is 50.9 Å². The number of hydrogen-bond donors (Lipinski definition) is 2. The summed E-state index contributed by atoms with van der Waals surface area (Å²) in [4.78, 5) is 12.0. The van der Waals surface area contributed by atoms with Crippen molar-refractivity contribution in [1.29, 1.82) is 0 Å². The highest BCUT2D eigenvalue weighted by Crippen LogP contribution is 2.39. The molecule has 3 rings (SSSR count).